The van der Waals surface area contributed by atoms with E-state index >= 15 is 0 Å². The van der Waals surface area contributed by atoms with Crippen LogP contribution >= 0.6 is 0 Å². The molecule has 1 heterocycles. The van der Waals surface area contributed by atoms with Crippen molar-refractivity contribution in [2.24, 2.45) is 0 Å². The molecule has 0 amide bonds. The lowest BCUT2D eigenvalue weighted by Gasteiger charge is -2.03. The van der Waals surface area contributed by atoms with Crippen LogP contribution in [0.4, 0.5) is 0 Å². The van der Waals surface area contributed by atoms with Crippen molar-refractivity contribution in [1.82, 2.24) is 15.6 Å². The maximum atomic E-state index is 5.40. The number of nitrogens with one attached hydrogen (secondary N) is 1. The first-order chi connectivity index (χ1) is 7.34. The van der Waals surface area contributed by atoms with Gasteiger partial charge in [-0.1, -0.05) is 23.7 Å². The fourth-order valence-corrected chi connectivity index (χ4v) is 1.11. The maximum absolute atomic E-state index is 5.40. The molecule has 5 nitrogen and oxygen atoms in total. The first-order valence-corrected chi connectivity index (χ1v) is 5.41. The number of rotatable bonds is 8. The van der Waals surface area contributed by atoms with E-state index in [1.807, 2.05) is 6.92 Å². The largest absolute Gasteiger partial charge is 0.380 e. The van der Waals surface area contributed by atoms with Crippen LogP contribution in [0.25, 0.3) is 0 Å². The van der Waals surface area contributed by atoms with E-state index in [0.717, 1.165) is 37.6 Å². The molecule has 1 N–H and O–H groups in total. The number of aromatic nitrogens is 2. The summed E-state index contributed by atoms with van der Waals surface area (Å²) in [6.07, 6.45) is 2.31. The quantitative estimate of drug-likeness (QED) is 0.659. The predicted molar refractivity (Wildman–Crippen MR) is 56.5 cm³/mol. The minimum absolute atomic E-state index is 0.687. The summed E-state index contributed by atoms with van der Waals surface area (Å²) >= 11 is 0. The van der Waals surface area contributed by atoms with Gasteiger partial charge in [0.15, 0.2) is 0 Å². The zero-order chi connectivity index (χ0) is 10.9. The van der Waals surface area contributed by atoms with Crippen molar-refractivity contribution in [3.63, 3.8) is 0 Å². The minimum Gasteiger partial charge on any atom is -0.380 e. The van der Waals surface area contributed by atoms with E-state index in [0.29, 0.717) is 6.54 Å². The molecule has 0 aliphatic heterocycles. The van der Waals surface area contributed by atoms with Gasteiger partial charge in [-0.25, -0.2) is 4.63 Å². The molecule has 0 atom stereocenters. The molecule has 0 spiro atoms. The van der Waals surface area contributed by atoms with Gasteiger partial charge in [-0.2, -0.15) is 0 Å². The van der Waals surface area contributed by atoms with Crippen LogP contribution in [-0.4, -0.2) is 30.1 Å². The Balaban J connectivity index is 1.96. The first-order valence-electron chi connectivity index (χ1n) is 5.41. The average Bonchev–Trinajstić information content (AvgIpc) is 2.63. The van der Waals surface area contributed by atoms with Crippen molar-refractivity contribution in [1.29, 1.82) is 0 Å². The van der Waals surface area contributed by atoms with E-state index in [1.54, 1.807) is 0 Å². The summed E-state index contributed by atoms with van der Waals surface area (Å²) < 4.78 is 9.99. The Morgan fingerprint density at radius 3 is 2.87 bits per heavy atom. The molecule has 1 rings (SSSR count). The molecule has 0 aliphatic rings. The predicted octanol–water partition coefficient (Wildman–Crippen LogP) is 1.28. The molecule has 0 saturated heterocycles. The summed E-state index contributed by atoms with van der Waals surface area (Å²) in [6, 6.07) is 0. The molecule has 0 aromatic carbocycles. The van der Waals surface area contributed by atoms with Crippen molar-refractivity contribution in [3.05, 3.63) is 11.4 Å². The van der Waals surface area contributed by atoms with Gasteiger partial charge in [-0.15, -0.1) is 0 Å². The highest BCUT2D eigenvalue weighted by Crippen LogP contribution is 1.98. The van der Waals surface area contributed by atoms with Gasteiger partial charge in [0.05, 0.1) is 6.61 Å². The summed E-state index contributed by atoms with van der Waals surface area (Å²) in [6.45, 7) is 7.14. The van der Waals surface area contributed by atoms with Gasteiger partial charge in [0.2, 0.25) is 0 Å². The molecule has 1 aromatic rings. The third-order valence-electron chi connectivity index (χ3n) is 2.10. The van der Waals surface area contributed by atoms with Gasteiger partial charge in [-0.05, 0) is 13.3 Å². The lowest BCUT2D eigenvalue weighted by Crippen LogP contribution is -2.20. The standard InChI is InChI=1S/C10H19N3O2/c1-3-4-6-14-7-5-11-8-10-9(2)12-15-13-10/h11H,3-8H2,1-2H3. The fraction of sp³-hybridized carbons (Fsp3) is 0.800. The van der Waals surface area contributed by atoms with Crippen LogP contribution in [0.15, 0.2) is 4.63 Å². The lowest BCUT2D eigenvalue weighted by molar-refractivity contribution is 0.132. The molecule has 0 radical (unpaired) electrons. The van der Waals surface area contributed by atoms with Crippen LogP contribution < -0.4 is 5.32 Å². The van der Waals surface area contributed by atoms with Crippen LogP contribution in [0.1, 0.15) is 31.2 Å². The van der Waals surface area contributed by atoms with Crippen molar-refractivity contribution in [3.8, 4) is 0 Å². The topological polar surface area (TPSA) is 60.2 Å². The lowest BCUT2D eigenvalue weighted by atomic mass is 10.3. The Morgan fingerprint density at radius 2 is 2.20 bits per heavy atom. The number of hydrogen-bond acceptors (Lipinski definition) is 5. The highest BCUT2D eigenvalue weighted by Gasteiger charge is 2.02. The Bertz CT molecular complexity index is 263. The van der Waals surface area contributed by atoms with Crippen LogP contribution in [0.2, 0.25) is 0 Å². The van der Waals surface area contributed by atoms with Gasteiger partial charge in [0.1, 0.15) is 11.4 Å². The Labute approximate surface area is 90.2 Å². The first kappa shape index (κ1) is 12.1. The van der Waals surface area contributed by atoms with Gasteiger partial charge in [0.25, 0.3) is 0 Å². The summed E-state index contributed by atoms with van der Waals surface area (Å²) in [5, 5.41) is 10.7. The molecule has 15 heavy (non-hydrogen) atoms. The molecule has 5 heteroatoms. The van der Waals surface area contributed by atoms with Crippen LogP contribution in [0.3, 0.4) is 0 Å². The Kier molecular flexibility index (Phi) is 5.96. The van der Waals surface area contributed by atoms with E-state index in [-0.39, 0.29) is 0 Å². The molecule has 0 unspecified atom stereocenters. The zero-order valence-electron chi connectivity index (χ0n) is 9.45. The van der Waals surface area contributed by atoms with Crippen LogP contribution in [0, 0.1) is 6.92 Å². The van der Waals surface area contributed by atoms with Crippen LogP contribution in [0.5, 0.6) is 0 Å². The summed E-state index contributed by atoms with van der Waals surface area (Å²) in [7, 11) is 0. The van der Waals surface area contributed by atoms with Gasteiger partial charge in [-0.3, -0.25) is 0 Å². The van der Waals surface area contributed by atoms with E-state index in [4.69, 9.17) is 4.74 Å². The number of ether oxygens (including phenoxy) is 1. The summed E-state index contributed by atoms with van der Waals surface area (Å²) in [5.41, 5.74) is 1.71. The second kappa shape index (κ2) is 7.36. The van der Waals surface area contributed by atoms with Crippen molar-refractivity contribution in [2.45, 2.75) is 33.2 Å². The van der Waals surface area contributed by atoms with Gasteiger partial charge in [0, 0.05) is 19.7 Å². The van der Waals surface area contributed by atoms with Gasteiger partial charge >= 0.3 is 0 Å². The van der Waals surface area contributed by atoms with E-state index in [2.05, 4.69) is 27.2 Å². The summed E-state index contributed by atoms with van der Waals surface area (Å²) in [4.78, 5) is 0. The minimum atomic E-state index is 0.687. The average molecular weight is 213 g/mol. The third-order valence-corrected chi connectivity index (χ3v) is 2.10. The number of hydrogen-bond donors (Lipinski definition) is 1. The van der Waals surface area contributed by atoms with E-state index in [1.165, 1.54) is 6.42 Å². The normalized spacial score (nSPS) is 10.8. The molecule has 1 aromatic heterocycles. The SMILES string of the molecule is CCCCOCCNCc1nonc1C. The monoisotopic (exact) mass is 213 g/mol. The Morgan fingerprint density at radius 1 is 1.33 bits per heavy atom. The highest BCUT2D eigenvalue weighted by molar-refractivity contribution is 5.03. The fourth-order valence-electron chi connectivity index (χ4n) is 1.11. The van der Waals surface area contributed by atoms with E-state index in [9.17, 15) is 0 Å². The highest BCUT2D eigenvalue weighted by atomic mass is 16.6. The van der Waals surface area contributed by atoms with E-state index < -0.39 is 0 Å². The Hall–Kier alpha value is -0.940. The second-order valence-electron chi connectivity index (χ2n) is 3.44. The van der Waals surface area contributed by atoms with Crippen molar-refractivity contribution >= 4 is 0 Å². The second-order valence-corrected chi connectivity index (χ2v) is 3.44. The summed E-state index contributed by atoms with van der Waals surface area (Å²) in [5.74, 6) is 0. The van der Waals surface area contributed by atoms with Crippen molar-refractivity contribution < 1.29 is 9.37 Å². The molecule has 86 valence electrons. The van der Waals surface area contributed by atoms with Gasteiger partial charge < -0.3 is 10.1 Å². The molecular weight excluding hydrogens is 194 g/mol. The number of unbranched alkanes of at least 4 members (excludes halogenated alkanes) is 1. The third kappa shape index (κ3) is 4.90. The van der Waals surface area contributed by atoms with Crippen molar-refractivity contribution in [2.75, 3.05) is 19.8 Å². The smallest absolute Gasteiger partial charge is 0.121 e. The molecule has 0 bridgehead atoms. The van der Waals surface area contributed by atoms with Crippen LogP contribution in [-0.2, 0) is 11.3 Å². The molecular formula is C10H19N3O2. The number of nitrogens with zero attached hydrogens (tertiary/aromatic N) is 2. The number of aryl methyl sites for hydroxylation is 1. The molecule has 0 aliphatic carbocycles. The molecule has 0 saturated carbocycles. The zero-order valence-corrected chi connectivity index (χ0v) is 9.45. The maximum Gasteiger partial charge on any atom is 0.121 e. The molecule has 0 fully saturated rings.